The molecule has 0 saturated heterocycles. The summed E-state index contributed by atoms with van der Waals surface area (Å²) in [5.74, 6) is 0. The maximum absolute atomic E-state index is 11.6. The first-order valence-electron chi connectivity index (χ1n) is 4.84. The quantitative estimate of drug-likeness (QED) is 0.440. The van der Waals surface area contributed by atoms with Gasteiger partial charge in [0.25, 0.3) is 15.7 Å². The number of benzene rings is 1. The first kappa shape index (κ1) is 14.5. The van der Waals surface area contributed by atoms with Crippen molar-refractivity contribution < 1.29 is 22.9 Å². The summed E-state index contributed by atoms with van der Waals surface area (Å²) in [6, 6.07) is 4.45. The minimum atomic E-state index is -3.83. The van der Waals surface area contributed by atoms with Crippen LogP contribution in [0.3, 0.4) is 0 Å². The highest BCUT2D eigenvalue weighted by Crippen LogP contribution is 2.15. The van der Waals surface area contributed by atoms with E-state index in [1.165, 1.54) is 7.11 Å². The first-order chi connectivity index (χ1) is 8.47. The SMILES string of the molecule is COCCONS(=O)(=O)c1ccc([N+](=O)[O-])cc1. The van der Waals surface area contributed by atoms with Crippen molar-refractivity contribution in [3.8, 4) is 0 Å². The third kappa shape index (κ3) is 4.04. The van der Waals surface area contributed by atoms with E-state index < -0.39 is 14.9 Å². The summed E-state index contributed by atoms with van der Waals surface area (Å²) in [5.41, 5.74) is -0.186. The Kier molecular flexibility index (Phi) is 5.16. The average Bonchev–Trinajstić information content (AvgIpc) is 2.35. The lowest BCUT2D eigenvalue weighted by molar-refractivity contribution is -0.384. The van der Waals surface area contributed by atoms with Crippen molar-refractivity contribution in [1.29, 1.82) is 0 Å². The summed E-state index contributed by atoms with van der Waals surface area (Å²) in [4.78, 5) is 16.2. The summed E-state index contributed by atoms with van der Waals surface area (Å²) in [7, 11) is -2.38. The van der Waals surface area contributed by atoms with Crippen LogP contribution in [0.25, 0.3) is 0 Å². The molecule has 0 amide bonds. The van der Waals surface area contributed by atoms with Gasteiger partial charge in [0.1, 0.15) is 0 Å². The number of nitro benzene ring substituents is 1. The van der Waals surface area contributed by atoms with E-state index in [4.69, 9.17) is 0 Å². The highest BCUT2D eigenvalue weighted by atomic mass is 32.2. The fourth-order valence-corrected chi connectivity index (χ4v) is 1.87. The smallest absolute Gasteiger partial charge is 0.269 e. The number of nitrogens with zero attached hydrogens (tertiary/aromatic N) is 1. The molecule has 1 aromatic rings. The zero-order valence-electron chi connectivity index (χ0n) is 9.53. The lowest BCUT2D eigenvalue weighted by atomic mass is 10.3. The number of hydrogen-bond acceptors (Lipinski definition) is 6. The highest BCUT2D eigenvalue weighted by Gasteiger charge is 2.15. The Balaban J connectivity index is 2.70. The molecule has 9 heteroatoms. The topological polar surface area (TPSA) is 108 Å². The standard InChI is InChI=1S/C9H12N2O6S/c1-16-6-7-17-10-18(14,15)9-4-2-8(3-5-9)11(12)13/h2-5,10H,6-7H2,1H3. The molecule has 0 fully saturated rings. The highest BCUT2D eigenvalue weighted by molar-refractivity contribution is 7.89. The van der Waals surface area contributed by atoms with Crippen LogP contribution in [0.5, 0.6) is 0 Å². The minimum absolute atomic E-state index is 0.0582. The zero-order chi connectivity index (χ0) is 13.6. The van der Waals surface area contributed by atoms with E-state index in [-0.39, 0.29) is 23.8 Å². The molecule has 8 nitrogen and oxygen atoms in total. The second kappa shape index (κ2) is 6.40. The molecule has 1 aromatic carbocycles. The van der Waals surface area contributed by atoms with E-state index in [1.807, 2.05) is 4.89 Å². The van der Waals surface area contributed by atoms with Gasteiger partial charge >= 0.3 is 0 Å². The van der Waals surface area contributed by atoms with Gasteiger partial charge in [-0.2, -0.15) is 0 Å². The predicted octanol–water partition coefficient (Wildman–Crippen LogP) is 0.451. The van der Waals surface area contributed by atoms with Crippen LogP contribution >= 0.6 is 0 Å². The molecule has 0 bridgehead atoms. The van der Waals surface area contributed by atoms with Crippen molar-refractivity contribution >= 4 is 15.7 Å². The fourth-order valence-electron chi connectivity index (χ4n) is 1.04. The Labute approximate surface area is 104 Å². The molecule has 100 valence electrons. The molecular weight excluding hydrogens is 264 g/mol. The summed E-state index contributed by atoms with van der Waals surface area (Å²) < 4.78 is 27.9. The number of ether oxygens (including phenoxy) is 1. The van der Waals surface area contributed by atoms with Gasteiger partial charge in [-0.15, -0.1) is 0 Å². The molecule has 1 rings (SSSR count). The number of nitrogens with one attached hydrogen (secondary N) is 1. The number of hydrogen-bond donors (Lipinski definition) is 1. The number of sulfonamides is 1. The maximum Gasteiger partial charge on any atom is 0.269 e. The number of methoxy groups -OCH3 is 1. The molecule has 0 radical (unpaired) electrons. The molecule has 1 N–H and O–H groups in total. The second-order valence-electron chi connectivity index (χ2n) is 3.18. The van der Waals surface area contributed by atoms with E-state index in [1.54, 1.807) is 0 Å². The maximum atomic E-state index is 11.6. The van der Waals surface area contributed by atoms with Crippen LogP contribution < -0.4 is 4.89 Å². The molecular formula is C9H12N2O6S. The van der Waals surface area contributed by atoms with Crippen molar-refractivity contribution in [1.82, 2.24) is 4.89 Å². The molecule has 0 heterocycles. The molecule has 0 saturated carbocycles. The van der Waals surface area contributed by atoms with Gasteiger partial charge in [0.15, 0.2) is 0 Å². The molecule has 0 unspecified atom stereocenters. The monoisotopic (exact) mass is 276 g/mol. The van der Waals surface area contributed by atoms with Crippen molar-refractivity contribution in [2.75, 3.05) is 20.3 Å². The molecule has 0 atom stereocenters. The largest absolute Gasteiger partial charge is 0.382 e. The van der Waals surface area contributed by atoms with Gasteiger partial charge in [-0.25, -0.2) is 8.42 Å². The van der Waals surface area contributed by atoms with E-state index in [0.717, 1.165) is 24.3 Å². The molecule has 0 aromatic heterocycles. The Morgan fingerprint density at radius 1 is 1.28 bits per heavy atom. The van der Waals surface area contributed by atoms with Crippen LogP contribution in [0.4, 0.5) is 5.69 Å². The Morgan fingerprint density at radius 3 is 2.39 bits per heavy atom. The molecule has 0 aliphatic carbocycles. The zero-order valence-corrected chi connectivity index (χ0v) is 10.3. The van der Waals surface area contributed by atoms with Crippen LogP contribution in [0.15, 0.2) is 29.2 Å². The van der Waals surface area contributed by atoms with Crippen LogP contribution in [0.1, 0.15) is 0 Å². The Morgan fingerprint density at radius 2 is 1.89 bits per heavy atom. The first-order valence-corrected chi connectivity index (χ1v) is 6.32. The fraction of sp³-hybridized carbons (Fsp3) is 0.333. The minimum Gasteiger partial charge on any atom is -0.382 e. The summed E-state index contributed by atoms with van der Waals surface area (Å²) in [6.45, 7) is 0.297. The van der Waals surface area contributed by atoms with Gasteiger partial charge < -0.3 is 4.74 Å². The lowest BCUT2D eigenvalue weighted by Crippen LogP contribution is -2.25. The normalized spacial score (nSPS) is 11.4. The molecule has 18 heavy (non-hydrogen) atoms. The van der Waals surface area contributed by atoms with Crippen LogP contribution in [0, 0.1) is 10.1 Å². The van der Waals surface area contributed by atoms with Crippen LogP contribution in [0.2, 0.25) is 0 Å². The van der Waals surface area contributed by atoms with Gasteiger partial charge in [0, 0.05) is 19.2 Å². The van der Waals surface area contributed by atoms with Crippen molar-refractivity contribution in [2.45, 2.75) is 4.90 Å². The number of rotatable bonds is 7. The predicted molar refractivity (Wildman–Crippen MR) is 61.2 cm³/mol. The summed E-state index contributed by atoms with van der Waals surface area (Å²) in [5, 5.41) is 10.4. The number of nitro groups is 1. The third-order valence-corrected chi connectivity index (χ3v) is 3.15. The van der Waals surface area contributed by atoms with Crippen molar-refractivity contribution in [2.24, 2.45) is 0 Å². The second-order valence-corrected chi connectivity index (χ2v) is 4.82. The van der Waals surface area contributed by atoms with Crippen molar-refractivity contribution in [3.63, 3.8) is 0 Å². The van der Waals surface area contributed by atoms with Gasteiger partial charge in [-0.1, -0.05) is 4.89 Å². The van der Waals surface area contributed by atoms with E-state index in [2.05, 4.69) is 9.57 Å². The molecule has 0 aliphatic heterocycles. The van der Waals surface area contributed by atoms with Crippen LogP contribution in [-0.4, -0.2) is 33.7 Å². The van der Waals surface area contributed by atoms with Crippen molar-refractivity contribution in [3.05, 3.63) is 34.4 Å². The van der Waals surface area contributed by atoms with Gasteiger partial charge in [-0.05, 0) is 12.1 Å². The summed E-state index contributed by atoms with van der Waals surface area (Å²) in [6.07, 6.45) is 0. The van der Waals surface area contributed by atoms with Gasteiger partial charge in [-0.3, -0.25) is 15.0 Å². The number of non-ortho nitro benzene ring substituents is 1. The third-order valence-electron chi connectivity index (χ3n) is 1.92. The van der Waals surface area contributed by atoms with Crippen LogP contribution in [-0.2, 0) is 19.6 Å². The van der Waals surface area contributed by atoms with E-state index in [0.29, 0.717) is 0 Å². The van der Waals surface area contributed by atoms with Gasteiger partial charge in [0.2, 0.25) is 0 Å². The lowest BCUT2D eigenvalue weighted by Gasteiger charge is -2.06. The molecule has 0 spiro atoms. The van der Waals surface area contributed by atoms with E-state index >= 15 is 0 Å². The Hall–Kier alpha value is -1.55. The Bertz CT molecular complexity index is 498. The van der Waals surface area contributed by atoms with Gasteiger partial charge in [0.05, 0.1) is 23.0 Å². The van der Waals surface area contributed by atoms with E-state index in [9.17, 15) is 18.5 Å². The summed E-state index contributed by atoms with van der Waals surface area (Å²) >= 11 is 0. The molecule has 0 aliphatic rings. The average molecular weight is 276 g/mol.